The Morgan fingerprint density at radius 3 is 2.68 bits per heavy atom. The van der Waals surface area contributed by atoms with Gasteiger partial charge in [0.15, 0.2) is 5.12 Å². The summed E-state index contributed by atoms with van der Waals surface area (Å²) in [6.07, 6.45) is 0. The van der Waals surface area contributed by atoms with Crippen LogP contribution < -0.4 is 4.90 Å². The minimum atomic E-state index is -1.28. The number of carboxylic acids is 1. The summed E-state index contributed by atoms with van der Waals surface area (Å²) in [5, 5.41) is 9.42. The van der Waals surface area contributed by atoms with Gasteiger partial charge in [-0.15, -0.1) is 24.0 Å². The minimum absolute atomic E-state index is 0.484. The van der Waals surface area contributed by atoms with Gasteiger partial charge in [0.05, 0.1) is 29.5 Å². The number of rotatable bonds is 5. The Hall–Kier alpha value is -1.64. The first-order valence-electron chi connectivity index (χ1n) is 8.04. The van der Waals surface area contributed by atoms with Gasteiger partial charge in [-0.3, -0.25) is 9.59 Å². The summed E-state index contributed by atoms with van der Waals surface area (Å²) in [7, 11) is 0. The maximum atomic E-state index is 12.2. The van der Waals surface area contributed by atoms with Crippen molar-refractivity contribution < 1.29 is 19.4 Å². The van der Waals surface area contributed by atoms with Gasteiger partial charge in [0.2, 0.25) is 0 Å². The van der Waals surface area contributed by atoms with Gasteiger partial charge >= 0.3 is 5.97 Å². The number of hydrogen-bond donors (Lipinski definition) is 2. The van der Waals surface area contributed by atoms with E-state index in [1.54, 1.807) is 6.92 Å². The maximum Gasteiger partial charge on any atom is 0.307 e. The van der Waals surface area contributed by atoms with Crippen molar-refractivity contribution in [3.8, 4) is 0 Å². The fourth-order valence-corrected chi connectivity index (χ4v) is 4.52. The van der Waals surface area contributed by atoms with Gasteiger partial charge in [-0.25, -0.2) is 4.98 Å². The van der Waals surface area contributed by atoms with E-state index in [9.17, 15) is 14.7 Å². The molecule has 1 N–H and O–H groups in total. The highest BCUT2D eigenvalue weighted by Gasteiger charge is 2.45. The molecule has 25 heavy (non-hydrogen) atoms. The molecule has 0 bridgehead atoms. The number of thiazole rings is 1. The van der Waals surface area contributed by atoms with Crippen LogP contribution in [0.4, 0.5) is 5.69 Å². The summed E-state index contributed by atoms with van der Waals surface area (Å²) < 4.78 is 6.33. The maximum absolute atomic E-state index is 12.2. The second kappa shape index (κ2) is 6.93. The van der Waals surface area contributed by atoms with E-state index in [1.807, 2.05) is 18.2 Å². The number of nitrogens with zero attached hydrogens (tertiary/aromatic N) is 2. The number of para-hydroxylation sites is 1. The molecule has 2 heterocycles. The topological polar surface area (TPSA) is 79.7 Å². The van der Waals surface area contributed by atoms with Crippen LogP contribution in [0, 0.1) is 5.92 Å². The average Bonchev–Trinajstić information content (AvgIpc) is 3.05. The third-order valence-electron chi connectivity index (χ3n) is 4.87. The van der Waals surface area contributed by atoms with Gasteiger partial charge in [0.1, 0.15) is 15.9 Å². The van der Waals surface area contributed by atoms with E-state index >= 15 is 0 Å². The van der Waals surface area contributed by atoms with Gasteiger partial charge in [-0.05, 0) is 19.1 Å². The molecule has 1 saturated heterocycles. The van der Waals surface area contributed by atoms with E-state index in [2.05, 4.69) is 22.5 Å². The number of aliphatic carboxylic acids is 1. The van der Waals surface area contributed by atoms with E-state index < -0.39 is 22.4 Å². The molecule has 0 saturated carbocycles. The van der Waals surface area contributed by atoms with Crippen molar-refractivity contribution >= 4 is 51.0 Å². The Bertz CT molecular complexity index is 816. The van der Waals surface area contributed by atoms with Crippen molar-refractivity contribution in [2.75, 3.05) is 31.2 Å². The number of aromatic nitrogens is 1. The molecular weight excluding hydrogens is 360 g/mol. The fraction of sp³-hybridized carbons (Fsp3) is 0.471. The standard InChI is InChI=1S/C17H20N2O4S2/c1-10(14(20)21)17(2,16(22)24)15-18-13-11(4-3-5-12(13)25-15)19-6-8-23-9-7-19/h3-5,10H,6-9H2,1-2H3,(H,20,21)(H,22,24). The number of morpholine rings is 1. The Morgan fingerprint density at radius 2 is 2.08 bits per heavy atom. The molecule has 1 aromatic heterocycles. The van der Waals surface area contributed by atoms with Gasteiger partial charge in [-0.2, -0.15) is 0 Å². The first kappa shape index (κ1) is 18.2. The van der Waals surface area contributed by atoms with Crippen LogP contribution >= 0.6 is 24.0 Å². The summed E-state index contributed by atoms with van der Waals surface area (Å²) in [6, 6.07) is 5.89. The van der Waals surface area contributed by atoms with Gasteiger partial charge < -0.3 is 14.7 Å². The number of carboxylic acid groups (broad SMARTS) is 1. The number of fused-ring (bicyclic) bond motifs is 1. The molecular formula is C17H20N2O4S2. The van der Waals surface area contributed by atoms with E-state index in [0.29, 0.717) is 18.2 Å². The Labute approximate surface area is 155 Å². The van der Waals surface area contributed by atoms with Crippen LogP contribution in [-0.2, 0) is 19.7 Å². The molecule has 0 amide bonds. The normalized spacial score (nSPS) is 18.8. The zero-order valence-electron chi connectivity index (χ0n) is 14.1. The summed E-state index contributed by atoms with van der Waals surface area (Å²) in [5.74, 6) is -1.97. The molecule has 8 heteroatoms. The van der Waals surface area contributed by atoms with E-state index in [0.717, 1.165) is 29.0 Å². The zero-order chi connectivity index (χ0) is 18.2. The third-order valence-corrected chi connectivity index (χ3v) is 6.60. The minimum Gasteiger partial charge on any atom is -0.481 e. The molecule has 134 valence electrons. The molecule has 2 atom stereocenters. The number of carbonyl (C=O) groups excluding carboxylic acids is 1. The number of anilines is 1. The van der Waals surface area contributed by atoms with Crippen molar-refractivity contribution in [1.82, 2.24) is 4.98 Å². The largest absolute Gasteiger partial charge is 0.481 e. The molecule has 1 aliphatic rings. The predicted octanol–water partition coefficient (Wildman–Crippen LogP) is 2.57. The summed E-state index contributed by atoms with van der Waals surface area (Å²) >= 11 is 5.33. The van der Waals surface area contributed by atoms with Crippen LogP contribution in [0.5, 0.6) is 0 Å². The lowest BCUT2D eigenvalue weighted by Gasteiger charge is -2.29. The van der Waals surface area contributed by atoms with Crippen LogP contribution in [0.1, 0.15) is 18.9 Å². The van der Waals surface area contributed by atoms with Crippen molar-refractivity contribution in [3.05, 3.63) is 23.2 Å². The average molecular weight is 380 g/mol. The molecule has 2 aromatic rings. The second-order valence-corrected chi connectivity index (χ2v) is 7.75. The Morgan fingerprint density at radius 1 is 1.40 bits per heavy atom. The highest BCUT2D eigenvalue weighted by Crippen LogP contribution is 2.41. The van der Waals surface area contributed by atoms with E-state index in [1.165, 1.54) is 18.3 Å². The van der Waals surface area contributed by atoms with Crippen molar-refractivity contribution in [1.29, 1.82) is 0 Å². The van der Waals surface area contributed by atoms with Crippen molar-refractivity contribution in [2.24, 2.45) is 5.92 Å². The van der Waals surface area contributed by atoms with E-state index in [4.69, 9.17) is 4.74 Å². The molecule has 3 rings (SSSR count). The quantitative estimate of drug-likeness (QED) is 0.776. The SMILES string of the molecule is CC(C(=O)O)C(C)(C(=O)S)c1nc2c(N3CCOCC3)cccc2s1. The molecule has 6 nitrogen and oxygen atoms in total. The van der Waals surface area contributed by atoms with Crippen LogP contribution in [0.2, 0.25) is 0 Å². The molecule has 0 aliphatic carbocycles. The molecule has 2 unspecified atom stereocenters. The predicted molar refractivity (Wildman–Crippen MR) is 101 cm³/mol. The van der Waals surface area contributed by atoms with Crippen LogP contribution in [0.3, 0.4) is 0 Å². The Balaban J connectivity index is 2.11. The van der Waals surface area contributed by atoms with Crippen molar-refractivity contribution in [3.63, 3.8) is 0 Å². The van der Waals surface area contributed by atoms with Gasteiger partial charge in [0.25, 0.3) is 0 Å². The summed E-state index contributed by atoms with van der Waals surface area (Å²) in [5.41, 5.74) is 0.504. The molecule has 1 aromatic carbocycles. The lowest BCUT2D eigenvalue weighted by Crippen LogP contribution is -2.40. The summed E-state index contributed by atoms with van der Waals surface area (Å²) in [4.78, 5) is 30.6. The fourth-order valence-electron chi connectivity index (χ4n) is 2.92. The smallest absolute Gasteiger partial charge is 0.307 e. The number of carbonyl (C=O) groups is 2. The van der Waals surface area contributed by atoms with Crippen LogP contribution in [-0.4, -0.2) is 47.5 Å². The summed E-state index contributed by atoms with van der Waals surface area (Å²) in [6.45, 7) is 6.01. The lowest BCUT2D eigenvalue weighted by molar-refractivity contribution is -0.145. The zero-order valence-corrected chi connectivity index (χ0v) is 15.8. The monoisotopic (exact) mass is 380 g/mol. The molecule has 0 radical (unpaired) electrons. The van der Waals surface area contributed by atoms with Crippen LogP contribution in [0.25, 0.3) is 10.2 Å². The van der Waals surface area contributed by atoms with Gasteiger partial charge in [0, 0.05) is 13.1 Å². The second-order valence-electron chi connectivity index (χ2n) is 6.31. The lowest BCUT2D eigenvalue weighted by atomic mass is 9.79. The number of thiol groups is 1. The van der Waals surface area contributed by atoms with Gasteiger partial charge in [-0.1, -0.05) is 13.0 Å². The highest BCUT2D eigenvalue weighted by molar-refractivity contribution is 7.96. The number of hydrogen-bond acceptors (Lipinski definition) is 6. The molecule has 0 spiro atoms. The number of ether oxygens (including phenoxy) is 1. The third kappa shape index (κ3) is 3.14. The van der Waals surface area contributed by atoms with Crippen LogP contribution in [0.15, 0.2) is 18.2 Å². The first-order valence-corrected chi connectivity index (χ1v) is 9.31. The van der Waals surface area contributed by atoms with Crippen molar-refractivity contribution in [2.45, 2.75) is 19.3 Å². The first-order chi connectivity index (χ1) is 11.9. The molecule has 1 aliphatic heterocycles. The molecule has 1 fully saturated rings. The highest BCUT2D eigenvalue weighted by atomic mass is 32.1. The number of benzene rings is 1. The Kier molecular flexibility index (Phi) is 5.04. The van der Waals surface area contributed by atoms with E-state index in [-0.39, 0.29) is 0 Å².